The second-order valence-corrected chi connectivity index (χ2v) is 7.28. The van der Waals surface area contributed by atoms with Crippen LogP contribution in [0.5, 0.6) is 0 Å². The molecule has 0 saturated carbocycles. The topological polar surface area (TPSA) is 49.4 Å². The zero-order valence-corrected chi connectivity index (χ0v) is 15.7. The molecule has 1 fully saturated rings. The Kier molecular flexibility index (Phi) is 5.89. The van der Waals surface area contributed by atoms with E-state index in [9.17, 15) is 14.0 Å². The van der Waals surface area contributed by atoms with E-state index in [4.69, 9.17) is 0 Å². The molecule has 3 rings (SSSR count). The van der Waals surface area contributed by atoms with Crippen molar-refractivity contribution in [2.24, 2.45) is 5.92 Å². The first-order valence-corrected chi connectivity index (χ1v) is 9.41. The molecule has 0 aliphatic carbocycles. The molecule has 0 bridgehead atoms. The molecular formula is C22H25FN2O2. The first-order valence-electron chi connectivity index (χ1n) is 9.41. The standard InChI is InChI=1S/C22H25FN2O2/c1-15(2)22(27)25-13-7-8-16(14-25)24-21(26)19-11-4-3-9-17(19)18-10-5-6-12-20(18)23/h3-6,9-12,15-16H,7-8,13-14H2,1-2H3,(H,24,26). The summed E-state index contributed by atoms with van der Waals surface area (Å²) in [4.78, 5) is 27.0. The molecule has 1 N–H and O–H groups in total. The van der Waals surface area contributed by atoms with Crippen molar-refractivity contribution in [1.29, 1.82) is 0 Å². The molecule has 1 aliphatic heterocycles. The van der Waals surface area contributed by atoms with E-state index in [0.717, 1.165) is 19.4 Å². The third-order valence-corrected chi connectivity index (χ3v) is 4.90. The van der Waals surface area contributed by atoms with Crippen LogP contribution in [-0.4, -0.2) is 35.8 Å². The number of halogens is 1. The van der Waals surface area contributed by atoms with Crippen molar-refractivity contribution in [2.75, 3.05) is 13.1 Å². The molecule has 0 spiro atoms. The molecule has 2 aromatic rings. The second kappa shape index (κ2) is 8.33. The van der Waals surface area contributed by atoms with Crippen LogP contribution in [0, 0.1) is 11.7 Å². The maximum absolute atomic E-state index is 14.2. The number of benzene rings is 2. The minimum Gasteiger partial charge on any atom is -0.348 e. The lowest BCUT2D eigenvalue weighted by Crippen LogP contribution is -2.50. The van der Waals surface area contributed by atoms with Gasteiger partial charge in [-0.05, 0) is 30.5 Å². The van der Waals surface area contributed by atoms with Gasteiger partial charge in [-0.15, -0.1) is 0 Å². The van der Waals surface area contributed by atoms with Crippen LogP contribution in [0.25, 0.3) is 11.1 Å². The lowest BCUT2D eigenvalue weighted by atomic mass is 9.97. The summed E-state index contributed by atoms with van der Waals surface area (Å²) in [7, 11) is 0. The minimum absolute atomic E-state index is 0.0544. The maximum Gasteiger partial charge on any atom is 0.252 e. The van der Waals surface area contributed by atoms with Gasteiger partial charge in [0.25, 0.3) is 5.91 Å². The summed E-state index contributed by atoms with van der Waals surface area (Å²) in [6.45, 7) is 5.02. The van der Waals surface area contributed by atoms with Gasteiger partial charge in [-0.2, -0.15) is 0 Å². The Bertz CT molecular complexity index is 835. The van der Waals surface area contributed by atoms with Crippen LogP contribution in [0.2, 0.25) is 0 Å². The van der Waals surface area contributed by atoms with Gasteiger partial charge in [-0.1, -0.05) is 50.2 Å². The fourth-order valence-electron chi connectivity index (χ4n) is 3.52. The smallest absolute Gasteiger partial charge is 0.252 e. The predicted octanol–water partition coefficient (Wildman–Crippen LogP) is 3.87. The van der Waals surface area contributed by atoms with E-state index in [1.807, 2.05) is 18.7 Å². The van der Waals surface area contributed by atoms with Crippen LogP contribution < -0.4 is 5.32 Å². The summed E-state index contributed by atoms with van der Waals surface area (Å²) >= 11 is 0. The highest BCUT2D eigenvalue weighted by Gasteiger charge is 2.27. The first kappa shape index (κ1) is 19.1. The summed E-state index contributed by atoms with van der Waals surface area (Å²) in [5.41, 5.74) is 1.41. The quantitative estimate of drug-likeness (QED) is 0.891. The summed E-state index contributed by atoms with van der Waals surface area (Å²) < 4.78 is 14.2. The van der Waals surface area contributed by atoms with E-state index < -0.39 is 0 Å². The van der Waals surface area contributed by atoms with Crippen molar-refractivity contribution >= 4 is 11.8 Å². The monoisotopic (exact) mass is 368 g/mol. The molecular weight excluding hydrogens is 343 g/mol. The van der Waals surface area contributed by atoms with Gasteiger partial charge in [-0.3, -0.25) is 9.59 Å². The van der Waals surface area contributed by atoms with Crippen LogP contribution >= 0.6 is 0 Å². The van der Waals surface area contributed by atoms with E-state index in [2.05, 4.69) is 5.32 Å². The first-order chi connectivity index (χ1) is 13.0. The van der Waals surface area contributed by atoms with Gasteiger partial charge in [0.2, 0.25) is 5.91 Å². The van der Waals surface area contributed by atoms with E-state index in [0.29, 0.717) is 23.2 Å². The van der Waals surface area contributed by atoms with Crippen LogP contribution in [-0.2, 0) is 4.79 Å². The number of nitrogens with zero attached hydrogens (tertiary/aromatic N) is 1. The predicted molar refractivity (Wildman–Crippen MR) is 104 cm³/mol. The Morgan fingerprint density at radius 3 is 2.44 bits per heavy atom. The number of amides is 2. The fourth-order valence-corrected chi connectivity index (χ4v) is 3.52. The normalized spacial score (nSPS) is 17.0. The molecule has 27 heavy (non-hydrogen) atoms. The van der Waals surface area contributed by atoms with Gasteiger partial charge in [0.15, 0.2) is 0 Å². The third-order valence-electron chi connectivity index (χ3n) is 4.90. The van der Waals surface area contributed by atoms with Gasteiger partial charge >= 0.3 is 0 Å². The largest absolute Gasteiger partial charge is 0.348 e. The molecule has 1 saturated heterocycles. The van der Waals surface area contributed by atoms with Crippen molar-refractivity contribution in [3.8, 4) is 11.1 Å². The summed E-state index contributed by atoms with van der Waals surface area (Å²) in [5, 5.41) is 3.03. The van der Waals surface area contributed by atoms with Crippen molar-refractivity contribution in [3.63, 3.8) is 0 Å². The molecule has 1 atom stereocenters. The number of carbonyl (C=O) groups is 2. The number of piperidine rings is 1. The Balaban J connectivity index is 1.78. The van der Waals surface area contributed by atoms with Crippen LogP contribution in [0.1, 0.15) is 37.0 Å². The Morgan fingerprint density at radius 1 is 1.07 bits per heavy atom. The molecule has 4 nitrogen and oxygen atoms in total. The van der Waals surface area contributed by atoms with Crippen molar-refractivity contribution in [3.05, 3.63) is 59.9 Å². The van der Waals surface area contributed by atoms with E-state index in [1.54, 1.807) is 42.5 Å². The van der Waals surface area contributed by atoms with Gasteiger partial charge < -0.3 is 10.2 Å². The molecule has 2 aromatic carbocycles. The summed E-state index contributed by atoms with van der Waals surface area (Å²) in [6, 6.07) is 13.4. The lowest BCUT2D eigenvalue weighted by molar-refractivity contribution is -0.135. The molecule has 5 heteroatoms. The van der Waals surface area contributed by atoms with Crippen LogP contribution in [0.3, 0.4) is 0 Å². The van der Waals surface area contributed by atoms with Crippen molar-refractivity contribution in [2.45, 2.75) is 32.7 Å². The maximum atomic E-state index is 14.2. The molecule has 142 valence electrons. The van der Waals surface area contributed by atoms with Crippen molar-refractivity contribution in [1.82, 2.24) is 10.2 Å². The van der Waals surface area contributed by atoms with E-state index in [-0.39, 0.29) is 29.6 Å². The van der Waals surface area contributed by atoms with Gasteiger partial charge in [0.1, 0.15) is 5.82 Å². The van der Waals surface area contributed by atoms with Crippen molar-refractivity contribution < 1.29 is 14.0 Å². The fraction of sp³-hybridized carbons (Fsp3) is 0.364. The molecule has 1 heterocycles. The van der Waals surface area contributed by atoms with Gasteiger partial charge in [0.05, 0.1) is 0 Å². The molecule has 1 unspecified atom stereocenters. The number of hydrogen-bond acceptors (Lipinski definition) is 2. The summed E-state index contributed by atoms with van der Waals surface area (Å²) in [5.74, 6) is -0.538. The zero-order valence-electron chi connectivity index (χ0n) is 15.7. The second-order valence-electron chi connectivity index (χ2n) is 7.28. The lowest BCUT2D eigenvalue weighted by Gasteiger charge is -2.34. The zero-order chi connectivity index (χ0) is 19.4. The molecule has 0 radical (unpaired) electrons. The number of rotatable bonds is 4. The highest BCUT2D eigenvalue weighted by molar-refractivity contribution is 6.01. The SMILES string of the molecule is CC(C)C(=O)N1CCCC(NC(=O)c2ccccc2-c2ccccc2F)C1. The number of likely N-dealkylation sites (tertiary alicyclic amines) is 1. The Morgan fingerprint density at radius 2 is 1.74 bits per heavy atom. The highest BCUT2D eigenvalue weighted by Crippen LogP contribution is 2.26. The summed E-state index contributed by atoms with van der Waals surface area (Å²) in [6.07, 6.45) is 1.69. The Labute approximate surface area is 159 Å². The molecule has 1 aliphatic rings. The average Bonchev–Trinajstić information content (AvgIpc) is 2.68. The van der Waals surface area contributed by atoms with Gasteiger partial charge in [0, 0.05) is 36.2 Å². The average molecular weight is 368 g/mol. The number of hydrogen-bond donors (Lipinski definition) is 1. The van der Waals surface area contributed by atoms with E-state index in [1.165, 1.54) is 6.07 Å². The number of carbonyl (C=O) groups excluding carboxylic acids is 2. The van der Waals surface area contributed by atoms with E-state index >= 15 is 0 Å². The van der Waals surface area contributed by atoms with Crippen LogP contribution in [0.15, 0.2) is 48.5 Å². The minimum atomic E-state index is -0.357. The highest BCUT2D eigenvalue weighted by atomic mass is 19.1. The van der Waals surface area contributed by atoms with Crippen LogP contribution in [0.4, 0.5) is 4.39 Å². The number of nitrogens with one attached hydrogen (secondary N) is 1. The third kappa shape index (κ3) is 4.35. The van der Waals surface area contributed by atoms with Gasteiger partial charge in [-0.25, -0.2) is 4.39 Å². The molecule has 0 aromatic heterocycles. The Hall–Kier alpha value is -2.69. The molecule has 2 amide bonds.